The third kappa shape index (κ3) is 2.86. The van der Waals surface area contributed by atoms with Crippen LogP contribution in [0.2, 0.25) is 0 Å². The molecule has 0 saturated heterocycles. The molecule has 0 amide bonds. The molecule has 1 aliphatic carbocycles. The molecule has 1 aliphatic rings. The van der Waals surface area contributed by atoms with Gasteiger partial charge in [0.15, 0.2) is 17.1 Å². The highest BCUT2D eigenvalue weighted by molar-refractivity contribution is 8.13. The van der Waals surface area contributed by atoms with Crippen molar-refractivity contribution in [1.29, 1.82) is 5.26 Å². The fourth-order valence-corrected chi connectivity index (χ4v) is 2.75. The lowest BCUT2D eigenvalue weighted by Crippen LogP contribution is -2.27. The summed E-state index contributed by atoms with van der Waals surface area (Å²) in [5.74, 6) is 0.176. The minimum absolute atomic E-state index is 0.0265. The minimum atomic E-state index is 0.0265. The fraction of sp³-hybridized carbons (Fsp3) is 0.400. The van der Waals surface area contributed by atoms with E-state index >= 15 is 0 Å². The first kappa shape index (κ1) is 14.6. The van der Waals surface area contributed by atoms with Crippen molar-refractivity contribution >= 4 is 28.4 Å². The monoisotopic (exact) mass is 287 g/mol. The van der Waals surface area contributed by atoms with Crippen molar-refractivity contribution in [2.24, 2.45) is 4.99 Å². The summed E-state index contributed by atoms with van der Waals surface area (Å²) in [5, 5.41) is 11.7. The third-order valence-corrected chi connectivity index (χ3v) is 4.18. The van der Waals surface area contributed by atoms with E-state index < -0.39 is 0 Å². The van der Waals surface area contributed by atoms with Crippen molar-refractivity contribution in [3.63, 3.8) is 0 Å². The summed E-state index contributed by atoms with van der Waals surface area (Å²) in [7, 11) is 0. The first-order valence-corrected chi connectivity index (χ1v) is 7.66. The normalized spacial score (nSPS) is 17.3. The van der Waals surface area contributed by atoms with Crippen LogP contribution in [0.3, 0.4) is 0 Å². The van der Waals surface area contributed by atoms with Crippen molar-refractivity contribution in [1.82, 2.24) is 5.32 Å². The van der Waals surface area contributed by atoms with Gasteiger partial charge in [-0.15, -0.1) is 0 Å². The van der Waals surface area contributed by atoms with Crippen LogP contribution in [-0.4, -0.2) is 17.2 Å². The molecule has 1 aromatic carbocycles. The second-order valence-corrected chi connectivity index (χ2v) is 6.19. The number of thioether (sulfide) groups is 1. The van der Waals surface area contributed by atoms with Crippen LogP contribution in [0.5, 0.6) is 0 Å². The Morgan fingerprint density at radius 3 is 2.90 bits per heavy atom. The number of ketones is 1. The number of hydrogen-bond acceptors (Lipinski definition) is 4. The van der Waals surface area contributed by atoms with E-state index in [-0.39, 0.29) is 11.2 Å². The molecule has 0 bridgehead atoms. The zero-order chi connectivity index (χ0) is 14.8. The van der Waals surface area contributed by atoms with Gasteiger partial charge in [-0.1, -0.05) is 31.7 Å². The van der Waals surface area contributed by atoms with E-state index in [1.807, 2.05) is 30.6 Å². The number of benzene rings is 1. The van der Waals surface area contributed by atoms with Crippen LogP contribution in [-0.2, 0) is 5.41 Å². The topological polar surface area (TPSA) is 65.2 Å². The number of hydrogen-bond donors (Lipinski definition) is 1. The van der Waals surface area contributed by atoms with Crippen molar-refractivity contribution < 1.29 is 4.79 Å². The van der Waals surface area contributed by atoms with E-state index in [2.05, 4.69) is 24.2 Å². The Bertz CT molecular complexity index is 614. The molecule has 1 N–H and O–H groups in total. The smallest absolute Gasteiger partial charge is 0.183 e. The van der Waals surface area contributed by atoms with Gasteiger partial charge in [0.25, 0.3) is 0 Å². The second kappa shape index (κ2) is 5.68. The van der Waals surface area contributed by atoms with Gasteiger partial charge in [0.2, 0.25) is 0 Å². The number of nitrogens with zero attached hydrogens (tertiary/aromatic N) is 2. The highest BCUT2D eigenvalue weighted by Gasteiger charge is 2.31. The van der Waals surface area contributed by atoms with Crippen LogP contribution in [0.4, 0.5) is 5.69 Å². The van der Waals surface area contributed by atoms with Crippen LogP contribution >= 0.6 is 11.8 Å². The minimum Gasteiger partial charge on any atom is -0.294 e. The summed E-state index contributed by atoms with van der Waals surface area (Å²) in [5.41, 5.74) is 2.58. The molecule has 0 radical (unpaired) electrons. The number of amidine groups is 1. The zero-order valence-electron chi connectivity index (χ0n) is 11.9. The first-order chi connectivity index (χ1) is 9.47. The Morgan fingerprint density at radius 2 is 2.25 bits per heavy atom. The maximum Gasteiger partial charge on any atom is 0.183 e. The highest BCUT2D eigenvalue weighted by atomic mass is 32.2. The van der Waals surface area contributed by atoms with Gasteiger partial charge in [-0.25, -0.2) is 4.99 Å². The summed E-state index contributed by atoms with van der Waals surface area (Å²) in [4.78, 5) is 16.4. The van der Waals surface area contributed by atoms with Crippen LogP contribution in [0.1, 0.15) is 42.6 Å². The number of nitriles is 1. The summed E-state index contributed by atoms with van der Waals surface area (Å²) >= 11 is 1.36. The van der Waals surface area contributed by atoms with E-state index in [4.69, 9.17) is 5.26 Å². The maximum atomic E-state index is 12.1. The highest BCUT2D eigenvalue weighted by Crippen LogP contribution is 2.38. The average Bonchev–Trinajstić information content (AvgIpc) is 2.43. The zero-order valence-corrected chi connectivity index (χ0v) is 12.7. The maximum absolute atomic E-state index is 12.1. The molecule has 20 heavy (non-hydrogen) atoms. The molecule has 0 heterocycles. The molecule has 2 rings (SSSR count). The lowest BCUT2D eigenvalue weighted by atomic mass is 9.72. The van der Waals surface area contributed by atoms with Gasteiger partial charge < -0.3 is 0 Å². The number of carbonyl (C=O) groups excluding carboxylic acids is 1. The Balaban J connectivity index is 2.44. The Morgan fingerprint density at radius 1 is 1.50 bits per heavy atom. The number of Topliss-reactive ketones (excluding diaryl/α,β-unsaturated/α-hetero) is 1. The molecule has 0 atom stereocenters. The van der Waals surface area contributed by atoms with Crippen LogP contribution in [0.15, 0.2) is 23.2 Å². The number of rotatable bonds is 1. The third-order valence-electron chi connectivity index (χ3n) is 3.60. The largest absolute Gasteiger partial charge is 0.294 e. The second-order valence-electron chi connectivity index (χ2n) is 5.39. The van der Waals surface area contributed by atoms with E-state index in [0.717, 1.165) is 17.5 Å². The lowest BCUT2D eigenvalue weighted by molar-refractivity contribution is 0.0957. The number of carbonyl (C=O) groups is 1. The van der Waals surface area contributed by atoms with Gasteiger partial charge in [-0.05, 0) is 35.8 Å². The van der Waals surface area contributed by atoms with Gasteiger partial charge in [0.05, 0.1) is 5.69 Å². The molecule has 0 unspecified atom stereocenters. The molecule has 104 valence electrons. The number of fused-ring (bicyclic) bond motifs is 1. The summed E-state index contributed by atoms with van der Waals surface area (Å²) in [6, 6.07) is 5.71. The molecule has 4 nitrogen and oxygen atoms in total. The molecular formula is C15H17N3OS. The SMILES string of the molecule is CSC(=Nc1ccc2c(c1)C(=O)CCC2(C)C)NC#N. The van der Waals surface area contributed by atoms with Crippen molar-refractivity contribution in [2.45, 2.75) is 32.1 Å². The summed E-state index contributed by atoms with van der Waals surface area (Å²) < 4.78 is 0. The van der Waals surface area contributed by atoms with Gasteiger partial charge in [0.1, 0.15) is 0 Å². The molecular weight excluding hydrogens is 270 g/mol. The van der Waals surface area contributed by atoms with Crippen LogP contribution < -0.4 is 5.32 Å². The first-order valence-electron chi connectivity index (χ1n) is 6.43. The van der Waals surface area contributed by atoms with Crippen molar-refractivity contribution in [3.05, 3.63) is 29.3 Å². The van der Waals surface area contributed by atoms with E-state index in [0.29, 0.717) is 17.3 Å². The summed E-state index contributed by atoms with van der Waals surface area (Å²) in [6.07, 6.45) is 5.16. The molecule has 0 aromatic heterocycles. The molecule has 0 saturated carbocycles. The number of nitrogens with one attached hydrogen (secondary N) is 1. The predicted molar refractivity (Wildman–Crippen MR) is 82.4 cm³/mol. The van der Waals surface area contributed by atoms with E-state index in [9.17, 15) is 4.79 Å². The van der Waals surface area contributed by atoms with Crippen molar-refractivity contribution in [3.8, 4) is 6.19 Å². The van der Waals surface area contributed by atoms with E-state index in [1.54, 1.807) is 0 Å². The Hall–Kier alpha value is -1.80. The van der Waals surface area contributed by atoms with Gasteiger partial charge >= 0.3 is 0 Å². The van der Waals surface area contributed by atoms with Gasteiger partial charge in [-0.2, -0.15) is 5.26 Å². The lowest BCUT2D eigenvalue weighted by Gasteiger charge is -2.31. The Kier molecular flexibility index (Phi) is 4.15. The van der Waals surface area contributed by atoms with Crippen LogP contribution in [0.25, 0.3) is 0 Å². The molecule has 0 fully saturated rings. The average molecular weight is 287 g/mol. The quantitative estimate of drug-likeness (QED) is 0.372. The van der Waals surface area contributed by atoms with Crippen molar-refractivity contribution in [2.75, 3.05) is 6.26 Å². The van der Waals surface area contributed by atoms with E-state index in [1.165, 1.54) is 11.8 Å². The predicted octanol–water partition coefficient (Wildman–Crippen LogP) is 3.36. The molecule has 1 aromatic rings. The number of aliphatic imine (C=N–C) groups is 1. The van der Waals surface area contributed by atoms with Gasteiger partial charge in [0, 0.05) is 12.0 Å². The Labute approximate surface area is 123 Å². The molecule has 0 aliphatic heterocycles. The standard InChI is InChI=1S/C15H17N3OS/c1-15(2)7-6-13(19)11-8-10(4-5-12(11)15)18-14(20-3)17-9-16/h4-5,8H,6-7H2,1-3H3,(H,17,18). The van der Waals surface area contributed by atoms with Crippen LogP contribution in [0, 0.1) is 11.5 Å². The molecule has 5 heteroatoms. The summed E-state index contributed by atoms with van der Waals surface area (Å²) in [6.45, 7) is 4.32. The fourth-order valence-electron chi connectivity index (χ4n) is 2.41. The molecule has 0 spiro atoms. The van der Waals surface area contributed by atoms with Gasteiger partial charge in [-0.3, -0.25) is 10.1 Å².